The van der Waals surface area contributed by atoms with E-state index < -0.39 is 0 Å². The fourth-order valence-corrected chi connectivity index (χ4v) is 1.80. The first kappa shape index (κ1) is 14.0. The van der Waals surface area contributed by atoms with Crippen LogP contribution in [0.1, 0.15) is 12.6 Å². The van der Waals surface area contributed by atoms with Crippen LogP contribution in [0.15, 0.2) is 42.6 Å². The topological polar surface area (TPSA) is 80.0 Å². The van der Waals surface area contributed by atoms with Crippen molar-refractivity contribution in [3.63, 3.8) is 0 Å². The lowest BCUT2D eigenvalue weighted by atomic mass is 10.2. The largest absolute Gasteiger partial charge is 0.388 e. The van der Waals surface area contributed by atoms with E-state index in [1.54, 1.807) is 12.3 Å². The lowest BCUT2D eigenvalue weighted by molar-refractivity contribution is -0.114. The van der Waals surface area contributed by atoms with E-state index in [0.717, 1.165) is 17.1 Å². The van der Waals surface area contributed by atoms with Crippen molar-refractivity contribution in [1.82, 2.24) is 4.98 Å². The maximum absolute atomic E-state index is 11.0. The molecular weight excluding hydrogens is 272 g/mol. The Kier molecular flexibility index (Phi) is 4.27. The lowest BCUT2D eigenvalue weighted by Crippen LogP contribution is -2.11. The molecule has 0 aliphatic rings. The van der Waals surface area contributed by atoms with Gasteiger partial charge in [-0.2, -0.15) is 0 Å². The normalized spacial score (nSPS) is 9.85. The number of hydrogen-bond acceptors (Lipinski definition) is 4. The Morgan fingerprint density at radius 3 is 2.60 bits per heavy atom. The van der Waals surface area contributed by atoms with E-state index in [1.807, 2.05) is 30.3 Å². The third kappa shape index (κ3) is 3.76. The molecule has 6 heteroatoms. The van der Waals surface area contributed by atoms with Gasteiger partial charge in [-0.1, -0.05) is 18.3 Å². The number of benzene rings is 1. The van der Waals surface area contributed by atoms with Crippen LogP contribution in [0.5, 0.6) is 0 Å². The molecule has 102 valence electrons. The molecule has 2 rings (SSSR count). The number of thiocarbonyl (C=S) groups is 1. The zero-order valence-corrected chi connectivity index (χ0v) is 11.7. The van der Waals surface area contributed by atoms with Crippen molar-refractivity contribution < 1.29 is 4.79 Å². The van der Waals surface area contributed by atoms with Crippen LogP contribution >= 0.6 is 12.2 Å². The minimum atomic E-state index is -0.109. The highest BCUT2D eigenvalue weighted by Crippen LogP contribution is 2.20. The van der Waals surface area contributed by atoms with E-state index in [1.165, 1.54) is 6.92 Å². The van der Waals surface area contributed by atoms with E-state index in [2.05, 4.69) is 15.6 Å². The lowest BCUT2D eigenvalue weighted by Gasteiger charge is -2.09. The summed E-state index contributed by atoms with van der Waals surface area (Å²) in [5.41, 5.74) is 8.50. The Bertz CT molecular complexity index is 657. The van der Waals surface area contributed by atoms with Crippen LogP contribution in [0.4, 0.5) is 17.1 Å². The monoisotopic (exact) mass is 286 g/mol. The maximum Gasteiger partial charge on any atom is 0.221 e. The summed E-state index contributed by atoms with van der Waals surface area (Å²) in [6, 6.07) is 11.0. The highest BCUT2D eigenvalue weighted by molar-refractivity contribution is 7.80. The van der Waals surface area contributed by atoms with Gasteiger partial charge in [0.2, 0.25) is 5.91 Å². The predicted molar refractivity (Wildman–Crippen MR) is 84.2 cm³/mol. The number of aromatic nitrogens is 1. The molecule has 4 N–H and O–H groups in total. The maximum atomic E-state index is 11.0. The highest BCUT2D eigenvalue weighted by atomic mass is 32.1. The van der Waals surface area contributed by atoms with Gasteiger partial charge in [-0.25, -0.2) is 0 Å². The molecule has 0 spiro atoms. The molecule has 0 bridgehead atoms. The van der Waals surface area contributed by atoms with Gasteiger partial charge in [-0.3, -0.25) is 9.78 Å². The Hall–Kier alpha value is -2.47. The van der Waals surface area contributed by atoms with Crippen LogP contribution in [-0.4, -0.2) is 15.9 Å². The molecule has 0 aliphatic heterocycles. The minimum absolute atomic E-state index is 0.109. The van der Waals surface area contributed by atoms with Crippen LogP contribution in [0.3, 0.4) is 0 Å². The van der Waals surface area contributed by atoms with Gasteiger partial charge >= 0.3 is 0 Å². The van der Waals surface area contributed by atoms with Crippen LogP contribution in [0, 0.1) is 0 Å². The molecule has 1 aromatic heterocycles. The first-order chi connectivity index (χ1) is 9.54. The SMILES string of the molecule is CC(=O)Nc1cccc(Nc2ccnc(C(N)=S)c2)c1. The van der Waals surface area contributed by atoms with E-state index in [0.29, 0.717) is 5.69 Å². The van der Waals surface area contributed by atoms with E-state index in [-0.39, 0.29) is 10.9 Å². The molecule has 20 heavy (non-hydrogen) atoms. The molecule has 0 unspecified atom stereocenters. The number of hydrogen-bond donors (Lipinski definition) is 3. The molecule has 1 aromatic carbocycles. The molecule has 0 fully saturated rings. The van der Waals surface area contributed by atoms with Gasteiger partial charge in [0.05, 0.1) is 5.69 Å². The molecule has 0 atom stereocenters. The summed E-state index contributed by atoms with van der Waals surface area (Å²) >= 11 is 4.89. The summed E-state index contributed by atoms with van der Waals surface area (Å²) in [6.07, 6.45) is 1.63. The summed E-state index contributed by atoms with van der Waals surface area (Å²) in [5.74, 6) is -0.109. The number of rotatable bonds is 4. The second kappa shape index (κ2) is 6.12. The molecule has 0 saturated carbocycles. The zero-order chi connectivity index (χ0) is 14.5. The molecule has 1 amide bonds. The van der Waals surface area contributed by atoms with Gasteiger partial charge in [-0.05, 0) is 30.3 Å². The van der Waals surface area contributed by atoms with Gasteiger partial charge < -0.3 is 16.4 Å². The fourth-order valence-electron chi connectivity index (χ4n) is 1.69. The molecule has 0 saturated heterocycles. The van der Waals surface area contributed by atoms with Gasteiger partial charge in [0.15, 0.2) is 0 Å². The quantitative estimate of drug-likeness (QED) is 0.752. The number of carbonyl (C=O) groups is 1. The number of nitrogens with one attached hydrogen (secondary N) is 2. The van der Waals surface area contributed by atoms with Crippen LogP contribution in [-0.2, 0) is 4.79 Å². The average molecular weight is 286 g/mol. The average Bonchev–Trinajstić information content (AvgIpc) is 2.38. The van der Waals surface area contributed by atoms with Crippen molar-refractivity contribution in [3.8, 4) is 0 Å². The van der Waals surface area contributed by atoms with Crippen LogP contribution in [0.2, 0.25) is 0 Å². The summed E-state index contributed by atoms with van der Waals surface area (Å²) in [6.45, 7) is 1.47. The molecule has 0 radical (unpaired) electrons. The molecule has 0 aliphatic carbocycles. The number of nitrogens with zero attached hydrogens (tertiary/aromatic N) is 1. The molecular formula is C14H14N4OS. The summed E-state index contributed by atoms with van der Waals surface area (Å²) in [4.78, 5) is 15.4. The van der Waals surface area contributed by atoms with Crippen molar-refractivity contribution >= 4 is 40.2 Å². The summed E-state index contributed by atoms with van der Waals surface area (Å²) < 4.78 is 0. The Labute approximate surface area is 122 Å². The van der Waals surface area contributed by atoms with Gasteiger partial charge in [0.25, 0.3) is 0 Å². The smallest absolute Gasteiger partial charge is 0.221 e. The minimum Gasteiger partial charge on any atom is -0.388 e. The van der Waals surface area contributed by atoms with Gasteiger partial charge in [0.1, 0.15) is 4.99 Å². The first-order valence-corrected chi connectivity index (χ1v) is 6.36. The number of nitrogens with two attached hydrogens (primary N) is 1. The molecule has 1 heterocycles. The number of pyridine rings is 1. The first-order valence-electron chi connectivity index (χ1n) is 5.95. The Morgan fingerprint density at radius 1 is 1.20 bits per heavy atom. The second-order valence-electron chi connectivity index (χ2n) is 4.18. The van der Waals surface area contributed by atoms with Crippen molar-refractivity contribution in [2.24, 2.45) is 5.73 Å². The molecule has 2 aromatic rings. The van der Waals surface area contributed by atoms with Crippen molar-refractivity contribution in [1.29, 1.82) is 0 Å². The zero-order valence-electron chi connectivity index (χ0n) is 10.9. The summed E-state index contributed by atoms with van der Waals surface area (Å²) in [5, 5.41) is 5.93. The van der Waals surface area contributed by atoms with Gasteiger partial charge in [-0.15, -0.1) is 0 Å². The Balaban J connectivity index is 2.19. The van der Waals surface area contributed by atoms with Crippen molar-refractivity contribution in [2.45, 2.75) is 6.92 Å². The highest BCUT2D eigenvalue weighted by Gasteiger charge is 2.02. The third-order valence-electron chi connectivity index (χ3n) is 2.48. The van der Waals surface area contributed by atoms with E-state index in [4.69, 9.17) is 18.0 Å². The van der Waals surface area contributed by atoms with Crippen LogP contribution < -0.4 is 16.4 Å². The summed E-state index contributed by atoms with van der Waals surface area (Å²) in [7, 11) is 0. The van der Waals surface area contributed by atoms with Crippen LogP contribution in [0.25, 0.3) is 0 Å². The fraction of sp³-hybridized carbons (Fsp3) is 0.0714. The Morgan fingerprint density at radius 2 is 1.90 bits per heavy atom. The number of amides is 1. The predicted octanol–water partition coefficient (Wildman–Crippen LogP) is 2.42. The standard InChI is InChI=1S/C14H14N4OS/c1-9(19)17-10-3-2-4-11(7-10)18-12-5-6-16-13(8-12)14(15)20/h2-8H,1H3,(H2,15,20)(H,16,18)(H,17,19). The second-order valence-corrected chi connectivity index (χ2v) is 4.62. The van der Waals surface area contributed by atoms with E-state index >= 15 is 0 Å². The van der Waals surface area contributed by atoms with Crippen molar-refractivity contribution in [3.05, 3.63) is 48.3 Å². The number of anilines is 3. The van der Waals surface area contributed by atoms with E-state index in [9.17, 15) is 4.79 Å². The number of carbonyl (C=O) groups excluding carboxylic acids is 1. The third-order valence-corrected chi connectivity index (χ3v) is 2.69. The van der Waals surface area contributed by atoms with Gasteiger partial charge in [0, 0.05) is 30.2 Å². The molecule has 5 nitrogen and oxygen atoms in total. The van der Waals surface area contributed by atoms with Crippen molar-refractivity contribution in [2.75, 3.05) is 10.6 Å².